The van der Waals surface area contributed by atoms with Gasteiger partial charge >= 0.3 is 0 Å². The molecule has 0 atom stereocenters. The normalized spacial score (nSPS) is 11.6. The number of rotatable bonds is 3. The highest BCUT2D eigenvalue weighted by Crippen LogP contribution is 2.24. The summed E-state index contributed by atoms with van der Waals surface area (Å²) < 4.78 is 4.77. The Morgan fingerprint density at radius 2 is 2.04 bits per heavy atom. The minimum Gasteiger partial charge on any atom is -0.275 e. The van der Waals surface area contributed by atoms with Crippen LogP contribution in [0.1, 0.15) is 16.4 Å². The number of hydrogen-bond donors (Lipinski definition) is 0. The van der Waals surface area contributed by atoms with E-state index in [4.69, 9.17) is 5.10 Å². The van der Waals surface area contributed by atoms with Crippen LogP contribution in [0.15, 0.2) is 42.7 Å². The average Bonchev–Trinajstić information content (AvgIpc) is 3.32. The third-order valence-corrected chi connectivity index (χ3v) is 5.18. The summed E-state index contributed by atoms with van der Waals surface area (Å²) in [6, 6.07) is 10.2. The second-order valence-corrected chi connectivity index (χ2v) is 7.45. The molecule has 0 aliphatic heterocycles. The first kappa shape index (κ1) is 15.2. The number of nitrogens with zero attached hydrogens (tertiary/aromatic N) is 7. The van der Waals surface area contributed by atoms with Crippen molar-refractivity contribution >= 4 is 27.2 Å². The van der Waals surface area contributed by atoms with Crippen LogP contribution in [0, 0.1) is 6.92 Å². The molecule has 0 aliphatic rings. The lowest BCUT2D eigenvalue weighted by molar-refractivity contribution is 0.768. The summed E-state index contributed by atoms with van der Waals surface area (Å²) in [5, 5.41) is 18.6. The monoisotopic (exact) mass is 361 g/mol. The number of hydrogen-bond acceptors (Lipinski definition) is 6. The lowest BCUT2D eigenvalue weighted by atomic mass is 10.1. The summed E-state index contributed by atoms with van der Waals surface area (Å²) in [7, 11) is 1.89. The van der Waals surface area contributed by atoms with Crippen LogP contribution in [-0.4, -0.2) is 34.6 Å². The summed E-state index contributed by atoms with van der Waals surface area (Å²) >= 11 is 1.71. The zero-order chi connectivity index (χ0) is 17.7. The molecule has 0 saturated carbocycles. The van der Waals surface area contributed by atoms with Gasteiger partial charge in [0.25, 0.3) is 0 Å². The van der Waals surface area contributed by atoms with Gasteiger partial charge in [-0.15, -0.1) is 21.5 Å². The van der Waals surface area contributed by atoms with E-state index in [0.29, 0.717) is 6.42 Å². The molecule has 0 spiro atoms. The third-order valence-electron chi connectivity index (χ3n) is 4.25. The summed E-state index contributed by atoms with van der Waals surface area (Å²) in [6.45, 7) is 2.03. The van der Waals surface area contributed by atoms with E-state index in [1.54, 1.807) is 22.2 Å². The lowest BCUT2D eigenvalue weighted by Crippen LogP contribution is -2.01. The van der Waals surface area contributed by atoms with E-state index in [1.807, 2.05) is 36.8 Å². The van der Waals surface area contributed by atoms with E-state index < -0.39 is 0 Å². The molecular weight excluding hydrogens is 346 g/mol. The molecule has 4 aromatic heterocycles. The molecule has 26 heavy (non-hydrogen) atoms. The fourth-order valence-electron chi connectivity index (χ4n) is 3.03. The molecule has 8 heteroatoms. The van der Waals surface area contributed by atoms with Crippen molar-refractivity contribution in [3.05, 3.63) is 59.1 Å². The molecule has 128 valence electrons. The molecule has 0 aliphatic carbocycles. The zero-order valence-electron chi connectivity index (χ0n) is 14.3. The van der Waals surface area contributed by atoms with Crippen LogP contribution < -0.4 is 0 Å². The van der Waals surface area contributed by atoms with Crippen molar-refractivity contribution in [3.63, 3.8) is 0 Å². The van der Waals surface area contributed by atoms with Crippen molar-refractivity contribution in [2.24, 2.45) is 7.05 Å². The molecule has 0 unspecified atom stereocenters. The maximum atomic E-state index is 4.71. The first-order chi connectivity index (χ1) is 12.7. The minimum absolute atomic E-state index is 0.664. The minimum atomic E-state index is 0.664. The summed E-state index contributed by atoms with van der Waals surface area (Å²) in [5.41, 5.74) is 4.77. The van der Waals surface area contributed by atoms with Crippen LogP contribution in [0.3, 0.4) is 0 Å². The van der Waals surface area contributed by atoms with Crippen molar-refractivity contribution in [2.45, 2.75) is 13.3 Å². The average molecular weight is 361 g/mol. The van der Waals surface area contributed by atoms with Gasteiger partial charge < -0.3 is 0 Å². The number of aromatic nitrogens is 7. The Morgan fingerprint density at radius 3 is 2.88 bits per heavy atom. The molecule has 4 heterocycles. The van der Waals surface area contributed by atoms with E-state index in [-0.39, 0.29) is 0 Å². The third kappa shape index (κ3) is 2.55. The Bertz CT molecular complexity index is 1250. The summed E-state index contributed by atoms with van der Waals surface area (Å²) in [4.78, 5) is 4.51. The van der Waals surface area contributed by atoms with E-state index >= 15 is 0 Å². The van der Waals surface area contributed by atoms with Gasteiger partial charge in [0.15, 0.2) is 11.5 Å². The molecule has 7 nitrogen and oxygen atoms in total. The molecule has 1 aromatic carbocycles. The molecule has 0 fully saturated rings. The SMILES string of the molecule is Cc1nc2ccc(Cc3nnc4ccc(-c5cnn(C)c5)nn34)cc2s1. The summed E-state index contributed by atoms with van der Waals surface area (Å²) in [6.07, 6.45) is 4.41. The van der Waals surface area contributed by atoms with Gasteiger partial charge in [-0.05, 0) is 36.8 Å². The van der Waals surface area contributed by atoms with Gasteiger partial charge in [-0.2, -0.15) is 14.7 Å². The largest absolute Gasteiger partial charge is 0.275 e. The number of thiazole rings is 1. The van der Waals surface area contributed by atoms with E-state index in [9.17, 15) is 0 Å². The van der Waals surface area contributed by atoms with E-state index in [2.05, 4.69) is 38.5 Å². The molecule has 0 N–H and O–H groups in total. The Kier molecular flexibility index (Phi) is 3.32. The number of benzene rings is 1. The topological polar surface area (TPSA) is 73.8 Å². The Hall–Kier alpha value is -3.13. The van der Waals surface area contributed by atoms with Crippen LogP contribution in [-0.2, 0) is 13.5 Å². The summed E-state index contributed by atoms with van der Waals surface area (Å²) in [5.74, 6) is 0.811. The van der Waals surface area contributed by atoms with Gasteiger partial charge in [-0.3, -0.25) is 4.68 Å². The zero-order valence-corrected chi connectivity index (χ0v) is 15.1. The van der Waals surface area contributed by atoms with Gasteiger partial charge in [0.2, 0.25) is 0 Å². The van der Waals surface area contributed by atoms with E-state index in [0.717, 1.165) is 33.3 Å². The molecule has 0 bridgehead atoms. The van der Waals surface area contributed by atoms with Gasteiger partial charge in [0.1, 0.15) is 0 Å². The van der Waals surface area contributed by atoms with Crippen LogP contribution >= 0.6 is 11.3 Å². The first-order valence-electron chi connectivity index (χ1n) is 8.22. The lowest BCUT2D eigenvalue weighted by Gasteiger charge is -2.02. The smallest absolute Gasteiger partial charge is 0.177 e. The Morgan fingerprint density at radius 1 is 1.12 bits per heavy atom. The molecular formula is C18H15N7S. The van der Waals surface area contributed by atoms with Gasteiger partial charge in [-0.25, -0.2) is 4.98 Å². The maximum absolute atomic E-state index is 4.71. The number of aryl methyl sites for hydroxylation is 2. The van der Waals surface area contributed by atoms with Crippen molar-refractivity contribution in [2.75, 3.05) is 0 Å². The predicted octanol–water partition coefficient (Wildman–Crippen LogP) is 3.03. The highest BCUT2D eigenvalue weighted by atomic mass is 32.1. The number of fused-ring (bicyclic) bond motifs is 2. The highest BCUT2D eigenvalue weighted by Gasteiger charge is 2.11. The molecule has 0 amide bonds. The highest BCUT2D eigenvalue weighted by molar-refractivity contribution is 7.18. The van der Waals surface area contributed by atoms with Crippen LogP contribution in [0.2, 0.25) is 0 Å². The van der Waals surface area contributed by atoms with Crippen molar-refractivity contribution in [3.8, 4) is 11.3 Å². The quantitative estimate of drug-likeness (QED) is 0.494. The molecule has 0 radical (unpaired) electrons. The second kappa shape index (κ2) is 5.70. The van der Waals surface area contributed by atoms with E-state index in [1.165, 1.54) is 10.3 Å². The Balaban J connectivity index is 1.55. The van der Waals surface area contributed by atoms with Crippen molar-refractivity contribution < 1.29 is 0 Å². The molecule has 0 saturated heterocycles. The standard InChI is InChI=1S/C18H15N7S/c1-11-20-15-4-3-12(7-16(15)26-11)8-18-22-21-17-6-5-14(23-25(17)18)13-9-19-24(2)10-13/h3-7,9-10H,8H2,1-2H3. The van der Waals surface area contributed by atoms with Crippen molar-refractivity contribution in [1.29, 1.82) is 0 Å². The first-order valence-corrected chi connectivity index (χ1v) is 9.04. The van der Waals surface area contributed by atoms with Gasteiger partial charge in [0.05, 0.1) is 27.1 Å². The van der Waals surface area contributed by atoms with Crippen molar-refractivity contribution in [1.82, 2.24) is 34.6 Å². The van der Waals surface area contributed by atoms with Gasteiger partial charge in [-0.1, -0.05) is 6.07 Å². The maximum Gasteiger partial charge on any atom is 0.177 e. The van der Waals surface area contributed by atoms with Crippen LogP contribution in [0.5, 0.6) is 0 Å². The van der Waals surface area contributed by atoms with Crippen LogP contribution in [0.4, 0.5) is 0 Å². The molecule has 5 aromatic rings. The van der Waals surface area contributed by atoms with Gasteiger partial charge in [0, 0.05) is 25.2 Å². The predicted molar refractivity (Wildman–Crippen MR) is 100 cm³/mol. The fraction of sp³-hybridized carbons (Fsp3) is 0.167. The Labute approximate surface area is 153 Å². The van der Waals surface area contributed by atoms with Crippen LogP contribution in [0.25, 0.3) is 27.1 Å². The second-order valence-electron chi connectivity index (χ2n) is 6.22. The molecule has 5 rings (SSSR count). The fourth-order valence-corrected chi connectivity index (χ4v) is 3.92.